The molecule has 0 amide bonds. The monoisotopic (exact) mass is 356 g/mol. The third-order valence-corrected chi connectivity index (χ3v) is 3.48. The van der Waals surface area contributed by atoms with E-state index in [-0.39, 0.29) is 0 Å². The Bertz CT molecular complexity index is 621. The molecule has 0 spiro atoms. The summed E-state index contributed by atoms with van der Waals surface area (Å²) in [5.41, 5.74) is 17.7. The quantitative estimate of drug-likeness (QED) is 0.390. The van der Waals surface area contributed by atoms with E-state index in [0.29, 0.717) is 6.07 Å². The SMILES string of the molecule is Nc1c(C(CC(N)CC(=O)O)C(F)F)cc(C(F)(F)F)c(N)c1N. The molecule has 1 aromatic carbocycles. The molecule has 9 N–H and O–H groups in total. The van der Waals surface area contributed by atoms with Crippen molar-refractivity contribution in [1.82, 2.24) is 0 Å². The Morgan fingerprint density at radius 3 is 2.08 bits per heavy atom. The normalized spacial score (nSPS) is 14.6. The van der Waals surface area contributed by atoms with Gasteiger partial charge in [0.15, 0.2) is 0 Å². The summed E-state index contributed by atoms with van der Waals surface area (Å²) >= 11 is 0. The Balaban J connectivity index is 3.38. The van der Waals surface area contributed by atoms with Crippen molar-refractivity contribution in [2.45, 2.75) is 37.4 Å². The van der Waals surface area contributed by atoms with Crippen molar-refractivity contribution in [3.63, 3.8) is 0 Å². The van der Waals surface area contributed by atoms with Crippen molar-refractivity contribution in [3.8, 4) is 0 Å². The Morgan fingerprint density at radius 1 is 1.12 bits per heavy atom. The maximum atomic E-state index is 13.3. The Kier molecular flexibility index (Phi) is 5.82. The zero-order valence-corrected chi connectivity index (χ0v) is 12.3. The highest BCUT2D eigenvalue weighted by molar-refractivity contribution is 5.83. The largest absolute Gasteiger partial charge is 0.481 e. The molecule has 0 aliphatic carbocycles. The molecule has 11 heteroatoms. The van der Waals surface area contributed by atoms with E-state index in [4.69, 9.17) is 28.0 Å². The number of carbonyl (C=O) groups is 1. The third-order valence-electron chi connectivity index (χ3n) is 3.48. The van der Waals surface area contributed by atoms with Gasteiger partial charge in [-0.3, -0.25) is 4.79 Å². The number of rotatable bonds is 6. The maximum Gasteiger partial charge on any atom is 0.418 e. The fourth-order valence-electron chi connectivity index (χ4n) is 2.30. The van der Waals surface area contributed by atoms with Crippen LogP contribution in [0.15, 0.2) is 6.07 Å². The molecule has 1 rings (SSSR count). The molecule has 136 valence electrons. The van der Waals surface area contributed by atoms with Gasteiger partial charge >= 0.3 is 12.1 Å². The van der Waals surface area contributed by atoms with Crippen molar-refractivity contribution < 1.29 is 31.9 Å². The van der Waals surface area contributed by atoms with Crippen molar-refractivity contribution in [2.24, 2.45) is 5.73 Å². The van der Waals surface area contributed by atoms with Gasteiger partial charge in [0.1, 0.15) is 0 Å². The molecular formula is C13H17F5N4O2. The molecule has 0 aromatic heterocycles. The fraction of sp³-hybridized carbons (Fsp3) is 0.462. The van der Waals surface area contributed by atoms with Crippen LogP contribution in [0.2, 0.25) is 0 Å². The van der Waals surface area contributed by atoms with E-state index in [0.717, 1.165) is 0 Å². The Morgan fingerprint density at radius 2 is 1.67 bits per heavy atom. The number of anilines is 3. The van der Waals surface area contributed by atoms with E-state index < -0.39 is 71.6 Å². The number of nitrogen functional groups attached to an aromatic ring is 3. The van der Waals surface area contributed by atoms with Crippen LogP contribution in [0.3, 0.4) is 0 Å². The van der Waals surface area contributed by atoms with Crippen LogP contribution in [0.1, 0.15) is 29.9 Å². The molecule has 24 heavy (non-hydrogen) atoms. The molecular weight excluding hydrogens is 339 g/mol. The van der Waals surface area contributed by atoms with Gasteiger partial charge in [-0.15, -0.1) is 0 Å². The van der Waals surface area contributed by atoms with Gasteiger partial charge in [-0.1, -0.05) is 0 Å². The van der Waals surface area contributed by atoms with Gasteiger partial charge in [-0.05, 0) is 18.1 Å². The molecule has 0 aliphatic heterocycles. The maximum absolute atomic E-state index is 13.3. The van der Waals surface area contributed by atoms with E-state index in [1.165, 1.54) is 0 Å². The molecule has 0 aliphatic rings. The van der Waals surface area contributed by atoms with Crippen LogP contribution >= 0.6 is 0 Å². The van der Waals surface area contributed by atoms with Gasteiger partial charge in [-0.25, -0.2) is 8.78 Å². The van der Waals surface area contributed by atoms with Crippen LogP contribution in [0.5, 0.6) is 0 Å². The third kappa shape index (κ3) is 4.37. The minimum Gasteiger partial charge on any atom is -0.481 e. The number of aliphatic carboxylic acids is 1. The van der Waals surface area contributed by atoms with E-state index in [2.05, 4.69) is 0 Å². The van der Waals surface area contributed by atoms with Crippen molar-refractivity contribution >= 4 is 23.0 Å². The van der Waals surface area contributed by atoms with Gasteiger partial charge in [-0.2, -0.15) is 13.2 Å². The number of carboxylic acid groups (broad SMARTS) is 1. The minimum absolute atomic E-state index is 0.408. The van der Waals surface area contributed by atoms with Gasteiger partial charge in [0, 0.05) is 12.0 Å². The second kappa shape index (κ2) is 7.07. The molecule has 0 saturated heterocycles. The van der Waals surface area contributed by atoms with Crippen LogP contribution in [-0.4, -0.2) is 23.5 Å². The van der Waals surface area contributed by atoms with Crippen LogP contribution in [0.4, 0.5) is 39.0 Å². The second-order valence-electron chi connectivity index (χ2n) is 5.29. The number of carboxylic acids is 1. The lowest BCUT2D eigenvalue weighted by Gasteiger charge is -2.24. The number of benzene rings is 1. The zero-order valence-electron chi connectivity index (χ0n) is 12.3. The van der Waals surface area contributed by atoms with Gasteiger partial charge in [0.25, 0.3) is 0 Å². The second-order valence-corrected chi connectivity index (χ2v) is 5.29. The van der Waals surface area contributed by atoms with Crippen LogP contribution in [0, 0.1) is 0 Å². The van der Waals surface area contributed by atoms with E-state index in [1.807, 2.05) is 0 Å². The van der Waals surface area contributed by atoms with Crippen molar-refractivity contribution in [1.29, 1.82) is 0 Å². The molecule has 0 saturated carbocycles. The summed E-state index contributed by atoms with van der Waals surface area (Å²) in [5, 5.41) is 8.61. The molecule has 0 heterocycles. The summed E-state index contributed by atoms with van der Waals surface area (Å²) in [4.78, 5) is 10.6. The summed E-state index contributed by atoms with van der Waals surface area (Å²) in [6.45, 7) is 0. The van der Waals surface area contributed by atoms with E-state index >= 15 is 0 Å². The van der Waals surface area contributed by atoms with E-state index in [1.54, 1.807) is 0 Å². The summed E-state index contributed by atoms with van der Waals surface area (Å²) < 4.78 is 65.5. The lowest BCUT2D eigenvalue weighted by molar-refractivity contribution is -0.138. The van der Waals surface area contributed by atoms with Crippen molar-refractivity contribution in [3.05, 3.63) is 17.2 Å². The number of alkyl halides is 5. The molecule has 0 fully saturated rings. The number of hydrogen-bond acceptors (Lipinski definition) is 5. The lowest BCUT2D eigenvalue weighted by atomic mass is 9.88. The summed E-state index contributed by atoms with van der Waals surface area (Å²) in [6.07, 6.45) is -9.26. The number of halogens is 5. The number of nitrogens with two attached hydrogens (primary N) is 4. The zero-order chi connectivity index (χ0) is 18.8. The molecule has 0 bridgehead atoms. The van der Waals surface area contributed by atoms with Crippen molar-refractivity contribution in [2.75, 3.05) is 17.2 Å². The standard InChI is InChI=1S/C13H17F5N4O2/c14-12(15)6(1-4(19)2-8(23)24)5-3-7(13(16,17)18)10(21)11(22)9(5)20/h3-4,6,12H,1-2,19-22H2,(H,23,24). The number of hydrogen-bond donors (Lipinski definition) is 5. The van der Waals surface area contributed by atoms with E-state index in [9.17, 15) is 26.7 Å². The minimum atomic E-state index is -4.92. The summed E-state index contributed by atoms with van der Waals surface area (Å²) in [5.74, 6) is -3.14. The summed E-state index contributed by atoms with van der Waals surface area (Å²) in [6, 6.07) is -0.792. The predicted molar refractivity (Wildman–Crippen MR) is 78.3 cm³/mol. The first kappa shape index (κ1) is 19.7. The van der Waals surface area contributed by atoms with Gasteiger partial charge in [0.2, 0.25) is 6.43 Å². The van der Waals surface area contributed by atoms with Crippen LogP contribution in [-0.2, 0) is 11.0 Å². The topological polar surface area (TPSA) is 141 Å². The molecule has 2 atom stereocenters. The smallest absolute Gasteiger partial charge is 0.418 e. The Labute approximate surface area is 133 Å². The van der Waals surface area contributed by atoms with Crippen LogP contribution in [0.25, 0.3) is 0 Å². The first-order chi connectivity index (χ1) is 10.9. The first-order valence-corrected chi connectivity index (χ1v) is 6.66. The summed E-state index contributed by atoms with van der Waals surface area (Å²) in [7, 11) is 0. The average molecular weight is 356 g/mol. The Hall–Kier alpha value is -2.30. The van der Waals surface area contributed by atoms with Crippen LogP contribution < -0.4 is 22.9 Å². The highest BCUT2D eigenvalue weighted by Gasteiger charge is 2.37. The molecule has 0 radical (unpaired) electrons. The average Bonchev–Trinajstić information content (AvgIpc) is 2.40. The fourth-order valence-corrected chi connectivity index (χ4v) is 2.30. The molecule has 2 unspecified atom stereocenters. The van der Waals surface area contributed by atoms with Gasteiger partial charge < -0.3 is 28.0 Å². The highest BCUT2D eigenvalue weighted by atomic mass is 19.4. The highest BCUT2D eigenvalue weighted by Crippen LogP contribution is 2.44. The first-order valence-electron chi connectivity index (χ1n) is 6.66. The molecule has 6 nitrogen and oxygen atoms in total. The predicted octanol–water partition coefficient (Wildman–Crippen LogP) is 1.99. The molecule has 1 aromatic rings. The van der Waals surface area contributed by atoms with Gasteiger partial charge in [0.05, 0.1) is 29.0 Å². The lowest BCUT2D eigenvalue weighted by Crippen LogP contribution is -2.29.